The molecule has 4 nitrogen and oxygen atoms in total. The third kappa shape index (κ3) is 6.65. The van der Waals surface area contributed by atoms with Gasteiger partial charge >= 0.3 is 0 Å². The smallest absolute Gasteiger partial charge is 0.143 e. The molecule has 0 aliphatic heterocycles. The van der Waals surface area contributed by atoms with Gasteiger partial charge in [0.1, 0.15) is 29.9 Å². The minimum Gasteiger partial charge on any atom is -0.506 e. The summed E-state index contributed by atoms with van der Waals surface area (Å²) in [5.41, 5.74) is 5.77. The van der Waals surface area contributed by atoms with Crippen LogP contribution in [0.3, 0.4) is 0 Å². The van der Waals surface area contributed by atoms with Gasteiger partial charge in [0, 0.05) is 11.1 Å². The quantitative estimate of drug-likeness (QED) is 0.264. The molecule has 0 fully saturated rings. The van der Waals surface area contributed by atoms with Crippen molar-refractivity contribution in [2.75, 3.05) is 0 Å². The lowest BCUT2D eigenvalue weighted by atomic mass is 10.1. The second kappa shape index (κ2) is 12.7. The first kappa shape index (κ1) is 27.3. The van der Waals surface area contributed by atoms with Crippen molar-refractivity contribution >= 4 is 34.2 Å². The molecule has 0 amide bonds. The predicted octanol–water partition coefficient (Wildman–Crippen LogP) is 6.06. The van der Waals surface area contributed by atoms with Crippen LogP contribution in [0.1, 0.15) is 33.4 Å². The molecule has 6 heteroatoms. The molecule has 40 heavy (non-hydrogen) atoms. The summed E-state index contributed by atoms with van der Waals surface area (Å²) in [5.74, 6) is 0.288. The zero-order chi connectivity index (χ0) is 27.9. The van der Waals surface area contributed by atoms with Crippen LogP contribution >= 0.6 is 22.7 Å². The fourth-order valence-electron chi connectivity index (χ4n) is 4.06. The number of benzene rings is 4. The molecule has 1 aromatic heterocycles. The predicted molar refractivity (Wildman–Crippen MR) is 165 cm³/mol. The Morgan fingerprint density at radius 3 is 1.23 bits per heavy atom. The van der Waals surface area contributed by atoms with Crippen LogP contribution in [-0.2, 0) is 13.1 Å². The number of hydrogen-bond acceptors (Lipinski definition) is 6. The summed E-state index contributed by atoms with van der Waals surface area (Å²) >= 11 is 2.69. The third-order valence-electron chi connectivity index (χ3n) is 6.36. The molecule has 5 rings (SSSR count). The van der Waals surface area contributed by atoms with Gasteiger partial charge in [-0.3, -0.25) is 9.98 Å². The summed E-state index contributed by atoms with van der Waals surface area (Å²) < 4.78 is 2.52. The van der Waals surface area contributed by atoms with Crippen molar-refractivity contribution in [1.82, 2.24) is 0 Å². The number of aryl methyl sites for hydroxylation is 2. The topological polar surface area (TPSA) is 65.2 Å². The number of rotatable bonds is 6. The van der Waals surface area contributed by atoms with Gasteiger partial charge in [-0.15, -0.1) is 22.7 Å². The molecule has 0 spiro atoms. The Balaban J connectivity index is 1.82. The first-order chi connectivity index (χ1) is 19.5. The largest absolute Gasteiger partial charge is 0.506 e. The minimum absolute atomic E-state index is 0.144. The number of aliphatic hydroxyl groups is 2. The Bertz CT molecular complexity index is 1720. The van der Waals surface area contributed by atoms with Crippen molar-refractivity contribution in [2.24, 2.45) is 9.98 Å². The van der Waals surface area contributed by atoms with E-state index in [9.17, 15) is 10.2 Å². The van der Waals surface area contributed by atoms with E-state index < -0.39 is 0 Å². The van der Waals surface area contributed by atoms with Gasteiger partial charge in [0.05, 0.1) is 13.1 Å². The average Bonchev–Trinajstić information content (AvgIpc) is 3.00. The van der Waals surface area contributed by atoms with Crippen molar-refractivity contribution in [3.05, 3.63) is 161 Å². The van der Waals surface area contributed by atoms with Gasteiger partial charge in [-0.2, -0.15) is 0 Å². The molecule has 200 valence electrons. The normalized spacial score (nSPS) is 13.8. The third-order valence-corrected chi connectivity index (χ3v) is 8.86. The molecule has 5 aromatic rings. The molecule has 0 unspecified atom stereocenters. The summed E-state index contributed by atoms with van der Waals surface area (Å²) in [5, 5.41) is 23.0. The van der Waals surface area contributed by atoms with Crippen molar-refractivity contribution in [3.8, 4) is 0 Å². The maximum Gasteiger partial charge on any atom is 0.143 e. The highest BCUT2D eigenvalue weighted by Crippen LogP contribution is 2.11. The van der Waals surface area contributed by atoms with Gasteiger partial charge in [-0.25, -0.2) is 0 Å². The van der Waals surface area contributed by atoms with E-state index in [-0.39, 0.29) is 11.5 Å². The van der Waals surface area contributed by atoms with Gasteiger partial charge in [0.2, 0.25) is 0 Å². The highest BCUT2D eigenvalue weighted by atomic mass is 32.1. The van der Waals surface area contributed by atoms with E-state index in [0.717, 1.165) is 22.3 Å². The molecule has 0 aliphatic rings. The van der Waals surface area contributed by atoms with Gasteiger partial charge < -0.3 is 10.2 Å². The molecule has 2 N–H and O–H groups in total. The fourth-order valence-corrected chi connectivity index (χ4v) is 6.32. The van der Waals surface area contributed by atoms with Crippen LogP contribution in [0.4, 0.5) is 0 Å². The van der Waals surface area contributed by atoms with Gasteiger partial charge in [-0.1, -0.05) is 120 Å². The Labute approximate surface area is 241 Å². The van der Waals surface area contributed by atoms with Crippen LogP contribution in [0.25, 0.3) is 11.5 Å². The molecule has 0 aliphatic carbocycles. The highest BCUT2D eigenvalue weighted by Gasteiger charge is 2.09. The van der Waals surface area contributed by atoms with Gasteiger partial charge in [-0.05, 0) is 25.0 Å². The lowest BCUT2D eigenvalue weighted by Gasteiger charge is -2.05. The summed E-state index contributed by atoms with van der Waals surface area (Å²) in [6.07, 6.45) is 0. The standard InChI is InChI=1S/C34H30N2O2S2/c1-23-13-17-27(18-14-23)29(37)31-33(35-21-25-9-5-3-6-10-25)40-32(30(38)28-19-15-24(2)16-20-28)34(39-31)36-22-26-11-7-4-8-12-26/h3-20,37-38H,21-22H2,1-2H3/b31-29+,32-30+,35-33?,36-34?. The zero-order valence-corrected chi connectivity index (χ0v) is 24.0. The van der Waals surface area contributed by atoms with Crippen molar-refractivity contribution < 1.29 is 10.2 Å². The molecule has 1 heterocycles. The van der Waals surface area contributed by atoms with E-state index in [1.807, 2.05) is 123 Å². The number of hydrogen-bond donors (Lipinski definition) is 2. The Morgan fingerprint density at radius 2 is 0.875 bits per heavy atom. The highest BCUT2D eigenvalue weighted by molar-refractivity contribution is 7.14. The Kier molecular flexibility index (Phi) is 8.69. The molecule has 4 aromatic carbocycles. The van der Waals surface area contributed by atoms with E-state index in [4.69, 9.17) is 9.98 Å². The summed E-state index contributed by atoms with van der Waals surface area (Å²) in [6, 6.07) is 35.6. The van der Waals surface area contributed by atoms with Crippen LogP contribution in [0.2, 0.25) is 0 Å². The van der Waals surface area contributed by atoms with E-state index in [2.05, 4.69) is 0 Å². The van der Waals surface area contributed by atoms with Gasteiger partial charge in [0.25, 0.3) is 0 Å². The van der Waals surface area contributed by atoms with Crippen molar-refractivity contribution in [3.63, 3.8) is 0 Å². The SMILES string of the molecule is Cc1ccc(/C(O)=c2\sc(=NCc3ccccc3)/c(=C(\O)c3ccc(C)cc3)sc2=NCc2ccccc2)cc1. The van der Waals surface area contributed by atoms with Crippen LogP contribution in [0.5, 0.6) is 0 Å². The van der Waals surface area contributed by atoms with E-state index in [0.29, 0.717) is 42.6 Å². The second-order valence-corrected chi connectivity index (χ2v) is 11.5. The number of aliphatic hydroxyl groups excluding tert-OH is 2. The minimum atomic E-state index is 0.144. The molecule has 0 radical (unpaired) electrons. The summed E-state index contributed by atoms with van der Waals surface area (Å²) in [7, 11) is 0. The van der Waals surface area contributed by atoms with E-state index in [1.165, 1.54) is 22.7 Å². The maximum absolute atomic E-state index is 11.5. The first-order valence-electron chi connectivity index (χ1n) is 13.0. The molecule has 0 saturated heterocycles. The van der Waals surface area contributed by atoms with Crippen LogP contribution < -0.4 is 18.4 Å². The molecule has 0 saturated carbocycles. The maximum atomic E-state index is 11.5. The fraction of sp³-hybridized carbons (Fsp3) is 0.118. The zero-order valence-electron chi connectivity index (χ0n) is 22.4. The Hall–Kier alpha value is -4.26. The molecular formula is C34H30N2O2S2. The lowest BCUT2D eigenvalue weighted by molar-refractivity contribution is 0.507. The van der Waals surface area contributed by atoms with Crippen molar-refractivity contribution in [2.45, 2.75) is 26.9 Å². The number of nitrogens with zero attached hydrogens (tertiary/aromatic N) is 2. The summed E-state index contributed by atoms with van der Waals surface area (Å²) in [6.45, 7) is 4.93. The molecule has 0 atom stereocenters. The second-order valence-electron chi connectivity index (χ2n) is 9.51. The molecule has 0 bridgehead atoms. The van der Waals surface area contributed by atoms with Crippen molar-refractivity contribution in [1.29, 1.82) is 0 Å². The Morgan fingerprint density at radius 1 is 0.525 bits per heavy atom. The van der Waals surface area contributed by atoms with Crippen LogP contribution in [-0.4, -0.2) is 10.2 Å². The van der Waals surface area contributed by atoms with Gasteiger partial charge in [0.15, 0.2) is 0 Å². The monoisotopic (exact) mass is 562 g/mol. The lowest BCUT2D eigenvalue weighted by Crippen LogP contribution is -2.36. The first-order valence-corrected chi connectivity index (χ1v) is 14.6. The summed E-state index contributed by atoms with van der Waals surface area (Å²) in [4.78, 5) is 9.87. The average molecular weight is 563 g/mol. The van der Waals surface area contributed by atoms with E-state index >= 15 is 0 Å². The van der Waals surface area contributed by atoms with Crippen LogP contribution in [0, 0.1) is 13.8 Å². The molecular weight excluding hydrogens is 533 g/mol. The van der Waals surface area contributed by atoms with Crippen LogP contribution in [0.15, 0.2) is 119 Å². The van der Waals surface area contributed by atoms with E-state index in [1.54, 1.807) is 0 Å².